The highest BCUT2D eigenvalue weighted by molar-refractivity contribution is 6.02. The second-order valence-electron chi connectivity index (χ2n) is 3.63. The van der Waals surface area contributed by atoms with Gasteiger partial charge in [-0.25, -0.2) is 9.18 Å². The molecule has 16 heavy (non-hydrogen) atoms. The first-order chi connectivity index (χ1) is 7.59. The fourth-order valence-corrected chi connectivity index (χ4v) is 1.84. The van der Waals surface area contributed by atoms with Crippen LogP contribution < -0.4 is 4.90 Å². The van der Waals surface area contributed by atoms with E-state index in [1.165, 1.54) is 29.2 Å². The molecule has 1 aliphatic rings. The fourth-order valence-electron chi connectivity index (χ4n) is 1.84. The monoisotopic (exact) mass is 223 g/mol. The van der Waals surface area contributed by atoms with Crippen molar-refractivity contribution in [2.75, 3.05) is 4.90 Å². The molecule has 0 saturated carbocycles. The van der Waals surface area contributed by atoms with E-state index in [2.05, 4.69) is 0 Å². The van der Waals surface area contributed by atoms with Gasteiger partial charge in [-0.1, -0.05) is 0 Å². The summed E-state index contributed by atoms with van der Waals surface area (Å²) in [7, 11) is 0. The fraction of sp³-hybridized carbons (Fsp3) is 0.273. The molecule has 0 unspecified atom stereocenters. The third-order valence-corrected chi connectivity index (χ3v) is 2.60. The van der Waals surface area contributed by atoms with E-state index in [0.29, 0.717) is 12.1 Å². The Hall–Kier alpha value is -1.91. The first-order valence-electron chi connectivity index (χ1n) is 4.90. The maximum Gasteiger partial charge on any atom is 0.326 e. The Morgan fingerprint density at radius 2 is 2.00 bits per heavy atom. The van der Waals surface area contributed by atoms with E-state index in [1.807, 2.05) is 0 Å². The molecule has 1 amide bonds. The van der Waals surface area contributed by atoms with Crippen molar-refractivity contribution in [2.45, 2.75) is 18.9 Å². The summed E-state index contributed by atoms with van der Waals surface area (Å²) in [5.41, 5.74) is 0.427. The standard InChI is InChI=1S/C11H10FNO3/c12-7-1-3-8(4-2-7)13-9(11(15)16)5-6-10(13)14/h1-4,9H,5-6H2,(H,15,16)/t9-/m0/s1. The summed E-state index contributed by atoms with van der Waals surface area (Å²) in [6, 6.07) is 4.40. The molecule has 0 bridgehead atoms. The van der Waals surface area contributed by atoms with Gasteiger partial charge in [-0.15, -0.1) is 0 Å². The van der Waals surface area contributed by atoms with E-state index >= 15 is 0 Å². The predicted molar refractivity (Wildman–Crippen MR) is 54.5 cm³/mol. The number of carboxylic acid groups (broad SMARTS) is 1. The number of halogens is 1. The molecule has 0 aromatic heterocycles. The number of carboxylic acids is 1. The SMILES string of the molecule is O=C(O)[C@@H]1CCC(=O)N1c1ccc(F)cc1. The molecule has 4 nitrogen and oxygen atoms in total. The molecular formula is C11H10FNO3. The number of amides is 1. The number of hydrogen-bond donors (Lipinski definition) is 1. The molecule has 0 aliphatic carbocycles. The van der Waals surface area contributed by atoms with Crippen molar-refractivity contribution in [3.63, 3.8) is 0 Å². The van der Waals surface area contributed by atoms with Gasteiger partial charge in [0.1, 0.15) is 11.9 Å². The van der Waals surface area contributed by atoms with E-state index in [-0.39, 0.29) is 12.3 Å². The van der Waals surface area contributed by atoms with Gasteiger partial charge in [-0.3, -0.25) is 9.69 Å². The highest BCUT2D eigenvalue weighted by atomic mass is 19.1. The minimum absolute atomic E-state index is 0.217. The van der Waals surface area contributed by atoms with Crippen LogP contribution in [0.15, 0.2) is 24.3 Å². The summed E-state index contributed by atoms with van der Waals surface area (Å²) in [6.07, 6.45) is 0.514. The molecule has 1 aromatic carbocycles. The Labute approximate surface area is 91.3 Å². The molecule has 0 radical (unpaired) electrons. The minimum Gasteiger partial charge on any atom is -0.480 e. The van der Waals surface area contributed by atoms with Gasteiger partial charge in [0.05, 0.1) is 0 Å². The summed E-state index contributed by atoms with van der Waals surface area (Å²) in [6.45, 7) is 0. The summed E-state index contributed by atoms with van der Waals surface area (Å²) in [5, 5.41) is 8.95. The summed E-state index contributed by atoms with van der Waals surface area (Å²) < 4.78 is 12.7. The van der Waals surface area contributed by atoms with E-state index in [1.54, 1.807) is 0 Å². The first-order valence-corrected chi connectivity index (χ1v) is 4.90. The molecule has 2 rings (SSSR count). The second-order valence-corrected chi connectivity index (χ2v) is 3.63. The highest BCUT2D eigenvalue weighted by Crippen LogP contribution is 2.26. The van der Waals surface area contributed by atoms with Gasteiger partial charge in [-0.05, 0) is 30.7 Å². The molecule has 1 saturated heterocycles. The number of carbonyl (C=O) groups excluding carboxylic acids is 1. The lowest BCUT2D eigenvalue weighted by atomic mass is 10.2. The Balaban J connectivity index is 2.33. The lowest BCUT2D eigenvalue weighted by Gasteiger charge is -2.21. The van der Waals surface area contributed by atoms with E-state index in [0.717, 1.165) is 0 Å². The molecule has 1 fully saturated rings. The number of anilines is 1. The van der Waals surface area contributed by atoms with Crippen LogP contribution in [-0.4, -0.2) is 23.0 Å². The Morgan fingerprint density at radius 3 is 2.56 bits per heavy atom. The zero-order valence-corrected chi connectivity index (χ0v) is 8.39. The summed E-state index contributed by atoms with van der Waals surface area (Å²) in [4.78, 5) is 23.7. The molecule has 1 heterocycles. The lowest BCUT2D eigenvalue weighted by Crippen LogP contribution is -2.38. The molecule has 84 valence electrons. The Kier molecular flexibility index (Phi) is 2.60. The molecule has 1 aliphatic heterocycles. The third-order valence-electron chi connectivity index (χ3n) is 2.60. The molecule has 1 N–H and O–H groups in total. The quantitative estimate of drug-likeness (QED) is 0.824. The van der Waals surface area contributed by atoms with E-state index < -0.39 is 17.8 Å². The zero-order chi connectivity index (χ0) is 11.7. The van der Waals surface area contributed by atoms with Crippen LogP contribution in [0.2, 0.25) is 0 Å². The van der Waals surface area contributed by atoms with Crippen LogP contribution in [0.25, 0.3) is 0 Å². The van der Waals surface area contributed by atoms with Gasteiger partial charge < -0.3 is 5.11 Å². The van der Waals surface area contributed by atoms with Gasteiger partial charge >= 0.3 is 5.97 Å². The van der Waals surface area contributed by atoms with Crippen LogP contribution in [0, 0.1) is 5.82 Å². The molecule has 1 aromatic rings. The number of hydrogen-bond acceptors (Lipinski definition) is 2. The van der Waals surface area contributed by atoms with E-state index in [4.69, 9.17) is 5.11 Å². The van der Waals surface area contributed by atoms with Crippen molar-refractivity contribution in [1.82, 2.24) is 0 Å². The van der Waals surface area contributed by atoms with Crippen LogP contribution in [-0.2, 0) is 9.59 Å². The number of benzene rings is 1. The van der Waals surface area contributed by atoms with E-state index in [9.17, 15) is 14.0 Å². The van der Waals surface area contributed by atoms with Crippen LogP contribution >= 0.6 is 0 Å². The average molecular weight is 223 g/mol. The van der Waals surface area contributed by atoms with Gasteiger partial charge in [0, 0.05) is 12.1 Å². The normalized spacial score (nSPS) is 20.2. The van der Waals surface area contributed by atoms with Crippen LogP contribution in [0.4, 0.5) is 10.1 Å². The Morgan fingerprint density at radius 1 is 1.38 bits per heavy atom. The van der Waals surface area contributed by atoms with Gasteiger partial charge in [0.15, 0.2) is 0 Å². The largest absolute Gasteiger partial charge is 0.480 e. The zero-order valence-electron chi connectivity index (χ0n) is 8.39. The van der Waals surface area contributed by atoms with Crippen molar-refractivity contribution in [1.29, 1.82) is 0 Å². The minimum atomic E-state index is -1.03. The molecule has 0 spiro atoms. The summed E-state index contributed by atoms with van der Waals surface area (Å²) in [5.74, 6) is -1.68. The topological polar surface area (TPSA) is 57.6 Å². The number of carbonyl (C=O) groups is 2. The van der Waals surface area contributed by atoms with Crippen LogP contribution in [0.3, 0.4) is 0 Å². The van der Waals surface area contributed by atoms with Gasteiger partial charge in [0.25, 0.3) is 0 Å². The van der Waals surface area contributed by atoms with Crippen molar-refractivity contribution in [3.8, 4) is 0 Å². The number of aliphatic carboxylic acids is 1. The first kappa shape index (κ1) is 10.6. The average Bonchev–Trinajstić information content (AvgIpc) is 2.62. The molecule has 5 heteroatoms. The number of rotatable bonds is 2. The van der Waals surface area contributed by atoms with Gasteiger partial charge in [-0.2, -0.15) is 0 Å². The van der Waals surface area contributed by atoms with Crippen molar-refractivity contribution < 1.29 is 19.1 Å². The highest BCUT2D eigenvalue weighted by Gasteiger charge is 2.36. The van der Waals surface area contributed by atoms with Crippen LogP contribution in [0.1, 0.15) is 12.8 Å². The lowest BCUT2D eigenvalue weighted by molar-refractivity contribution is -0.138. The maximum absolute atomic E-state index is 12.7. The molecular weight excluding hydrogens is 213 g/mol. The Bertz CT molecular complexity index is 429. The van der Waals surface area contributed by atoms with Crippen molar-refractivity contribution >= 4 is 17.6 Å². The summed E-state index contributed by atoms with van der Waals surface area (Å²) >= 11 is 0. The van der Waals surface area contributed by atoms with Crippen LogP contribution in [0.5, 0.6) is 0 Å². The van der Waals surface area contributed by atoms with Crippen molar-refractivity contribution in [3.05, 3.63) is 30.1 Å². The third kappa shape index (κ3) is 1.76. The molecule has 1 atom stereocenters. The smallest absolute Gasteiger partial charge is 0.326 e. The second kappa shape index (κ2) is 3.92. The van der Waals surface area contributed by atoms with Crippen molar-refractivity contribution in [2.24, 2.45) is 0 Å². The predicted octanol–water partition coefficient (Wildman–Crippen LogP) is 1.41. The van der Waals surface area contributed by atoms with Gasteiger partial charge in [0.2, 0.25) is 5.91 Å². The maximum atomic E-state index is 12.7. The number of nitrogens with zero attached hydrogens (tertiary/aromatic N) is 1.